The molecule has 0 spiro atoms. The Morgan fingerprint density at radius 2 is 2.29 bits per heavy atom. The van der Waals surface area contributed by atoms with Crippen LogP contribution in [0.3, 0.4) is 0 Å². The van der Waals surface area contributed by atoms with Gasteiger partial charge in [-0.05, 0) is 43.9 Å². The molecule has 1 fully saturated rings. The Hall–Kier alpha value is -1.28. The molecule has 17 heavy (non-hydrogen) atoms. The third-order valence-electron chi connectivity index (χ3n) is 3.39. The Kier molecular flexibility index (Phi) is 1.76. The van der Waals surface area contributed by atoms with E-state index in [1.807, 2.05) is 30.3 Å². The maximum atomic E-state index is 8.61. The van der Waals surface area contributed by atoms with E-state index in [9.17, 15) is 0 Å². The zero-order chi connectivity index (χ0) is 16.0. The van der Waals surface area contributed by atoms with E-state index in [4.69, 9.17) is 6.85 Å². The molecule has 0 bridgehead atoms. The number of likely N-dealkylation sites (N-methyl/N-ethyl adjacent to an activating group) is 1. The highest BCUT2D eigenvalue weighted by Crippen LogP contribution is 2.20. The number of likely N-dealkylation sites (tertiary alicyclic amines) is 1. The zero-order valence-electron chi connectivity index (χ0n) is 14.8. The van der Waals surface area contributed by atoms with Crippen molar-refractivity contribution < 1.29 is 6.85 Å². The van der Waals surface area contributed by atoms with Gasteiger partial charge in [0.25, 0.3) is 0 Å². The van der Waals surface area contributed by atoms with Crippen molar-refractivity contribution in [2.45, 2.75) is 31.8 Å². The zero-order valence-corrected chi connectivity index (χ0v) is 9.76. The maximum Gasteiger partial charge on any atom is 0.0514 e. The summed E-state index contributed by atoms with van der Waals surface area (Å²) in [6.07, 6.45) is 3.93. The van der Waals surface area contributed by atoms with Crippen LogP contribution < -0.4 is 0 Å². The highest BCUT2D eigenvalue weighted by molar-refractivity contribution is 5.79. The van der Waals surface area contributed by atoms with Gasteiger partial charge in [-0.25, -0.2) is 0 Å². The van der Waals surface area contributed by atoms with E-state index in [0.717, 1.165) is 23.7 Å². The number of hydrogen-bond acceptors (Lipinski definition) is 1. The minimum absolute atomic E-state index is 0.417. The quantitative estimate of drug-likeness (QED) is 0.773. The first kappa shape index (κ1) is 6.60. The number of fused-ring (bicyclic) bond motifs is 1. The summed E-state index contributed by atoms with van der Waals surface area (Å²) in [6.45, 7) is -3.61. The van der Waals surface area contributed by atoms with Gasteiger partial charge >= 0.3 is 0 Å². The van der Waals surface area contributed by atoms with E-state index >= 15 is 0 Å². The first-order chi connectivity index (χ1) is 10.3. The maximum absolute atomic E-state index is 8.61. The van der Waals surface area contributed by atoms with Gasteiger partial charge in [-0.1, -0.05) is 24.6 Å². The van der Waals surface area contributed by atoms with Crippen LogP contribution in [0.2, 0.25) is 0 Å². The molecule has 1 aliphatic heterocycles. The van der Waals surface area contributed by atoms with Gasteiger partial charge in [-0.15, -0.1) is 0 Å². The second-order valence-electron chi connectivity index (χ2n) is 4.58. The Balaban J connectivity index is 2.03. The lowest BCUT2D eigenvalue weighted by Gasteiger charge is -2.32. The van der Waals surface area contributed by atoms with Crippen LogP contribution in [0.1, 0.15) is 26.1 Å². The van der Waals surface area contributed by atoms with Gasteiger partial charge in [-0.2, -0.15) is 0 Å². The number of piperidine rings is 1. The van der Waals surface area contributed by atoms with E-state index in [2.05, 4.69) is 0 Å². The van der Waals surface area contributed by atoms with Crippen LogP contribution in [-0.2, 0) is 6.50 Å². The summed E-state index contributed by atoms with van der Waals surface area (Å²) in [5, 5.41) is 0.961. The molecule has 1 atom stereocenters. The molecule has 3 rings (SSSR count). The summed E-state index contributed by atoms with van der Waals surface area (Å²) in [5.41, 5.74) is 0.795. The molecule has 0 radical (unpaired) electrons. The smallest absolute Gasteiger partial charge is 0.0514 e. The fourth-order valence-corrected chi connectivity index (χ4v) is 2.42. The molecule has 1 aliphatic rings. The molecule has 1 saturated heterocycles. The molecule has 2 aromatic rings. The lowest BCUT2D eigenvalue weighted by atomic mass is 10.0. The van der Waals surface area contributed by atoms with E-state index < -0.39 is 19.5 Å². The molecule has 0 saturated carbocycles. The molecule has 2 heteroatoms. The van der Waals surface area contributed by atoms with Crippen molar-refractivity contribution in [3.8, 4) is 0 Å². The number of aromatic nitrogens is 1. The second-order valence-corrected chi connectivity index (χ2v) is 4.58. The van der Waals surface area contributed by atoms with Crippen molar-refractivity contribution in [3.63, 3.8) is 0 Å². The van der Waals surface area contributed by atoms with Crippen LogP contribution >= 0.6 is 0 Å². The standard InChI is InChI=1S/C15H20N2/c1-16-10-5-4-7-14(16)12-17-11-9-13-6-2-3-8-15(13)17/h2-3,6,8-9,11,14H,4-5,7,10,12H2,1H3/i1D3,12D2. The second kappa shape index (κ2) is 4.53. The van der Waals surface area contributed by atoms with Gasteiger partial charge in [0.2, 0.25) is 0 Å². The van der Waals surface area contributed by atoms with E-state index in [1.165, 1.54) is 4.90 Å². The van der Waals surface area contributed by atoms with Gasteiger partial charge in [0, 0.05) is 28.4 Å². The predicted octanol–water partition coefficient (Wildman–Crippen LogP) is 3.13. The molecule has 2 heterocycles. The Labute approximate surface area is 110 Å². The van der Waals surface area contributed by atoms with Crippen LogP contribution in [0.5, 0.6) is 0 Å². The van der Waals surface area contributed by atoms with Crippen LogP contribution in [0, 0.1) is 0 Å². The Morgan fingerprint density at radius 3 is 3.24 bits per heavy atom. The first-order valence-electron chi connectivity index (χ1n) is 8.65. The summed E-state index contributed by atoms with van der Waals surface area (Å²) < 4.78 is 41.9. The molecule has 0 amide bonds. The number of para-hydroxylation sites is 1. The molecule has 0 aliphatic carbocycles. The molecule has 90 valence electrons. The Morgan fingerprint density at radius 1 is 1.35 bits per heavy atom. The van der Waals surface area contributed by atoms with Gasteiger partial charge in [0.1, 0.15) is 0 Å². The van der Waals surface area contributed by atoms with Gasteiger partial charge in [0.15, 0.2) is 0 Å². The highest BCUT2D eigenvalue weighted by atomic mass is 15.2. The first-order valence-corrected chi connectivity index (χ1v) is 6.15. The number of benzene rings is 1. The van der Waals surface area contributed by atoms with Crippen LogP contribution in [0.25, 0.3) is 10.9 Å². The van der Waals surface area contributed by atoms with Gasteiger partial charge in [-0.3, -0.25) is 0 Å². The largest absolute Gasteiger partial charge is 0.346 e. The third-order valence-corrected chi connectivity index (χ3v) is 3.39. The Bertz CT molecular complexity index is 661. The van der Waals surface area contributed by atoms with Gasteiger partial charge in [0.05, 0.1) is 2.74 Å². The van der Waals surface area contributed by atoms with Crippen LogP contribution in [0.4, 0.5) is 0 Å². The molecule has 0 N–H and O–H groups in total. The number of nitrogens with zero attached hydrogens (tertiary/aromatic N) is 2. The minimum atomic E-state index is -2.26. The summed E-state index contributed by atoms with van der Waals surface area (Å²) in [6, 6.07) is 8.81. The molecule has 1 unspecified atom stereocenters. The van der Waals surface area contributed by atoms with Crippen molar-refractivity contribution in [2.75, 3.05) is 13.5 Å². The summed E-state index contributed by atoms with van der Waals surface area (Å²) in [7, 11) is 0. The van der Waals surface area contributed by atoms with Crippen molar-refractivity contribution in [2.24, 2.45) is 0 Å². The van der Waals surface area contributed by atoms with Crippen molar-refractivity contribution in [3.05, 3.63) is 36.5 Å². The molecule has 1 aromatic heterocycles. The predicted molar refractivity (Wildman–Crippen MR) is 72.2 cm³/mol. The van der Waals surface area contributed by atoms with E-state index in [-0.39, 0.29) is 0 Å². The van der Waals surface area contributed by atoms with E-state index in [0.29, 0.717) is 13.0 Å². The number of hydrogen-bond donors (Lipinski definition) is 0. The molecular weight excluding hydrogens is 208 g/mol. The molecule has 1 aromatic carbocycles. The average Bonchev–Trinajstić information content (AvgIpc) is 2.91. The summed E-state index contributed by atoms with van der Waals surface area (Å²) >= 11 is 0. The highest BCUT2D eigenvalue weighted by Gasteiger charge is 2.19. The summed E-state index contributed by atoms with van der Waals surface area (Å²) in [4.78, 5) is 1.35. The monoisotopic (exact) mass is 233 g/mol. The van der Waals surface area contributed by atoms with Gasteiger partial charge < -0.3 is 9.47 Å². The van der Waals surface area contributed by atoms with Crippen LogP contribution in [-0.4, -0.2) is 29.0 Å². The van der Waals surface area contributed by atoms with Crippen molar-refractivity contribution in [1.29, 1.82) is 0 Å². The van der Waals surface area contributed by atoms with E-state index in [1.54, 1.807) is 10.8 Å². The van der Waals surface area contributed by atoms with Crippen molar-refractivity contribution >= 4 is 10.9 Å². The average molecular weight is 233 g/mol. The fraction of sp³-hybridized carbons (Fsp3) is 0.467. The topological polar surface area (TPSA) is 8.17 Å². The van der Waals surface area contributed by atoms with Crippen molar-refractivity contribution in [1.82, 2.24) is 9.47 Å². The fourth-order valence-electron chi connectivity index (χ4n) is 2.42. The lowest BCUT2D eigenvalue weighted by molar-refractivity contribution is 0.169. The number of rotatable bonds is 2. The third kappa shape index (κ3) is 2.09. The SMILES string of the molecule is [2H]C([2H])([2H])N1CCCCC1C([2H])([2H])n1ccc2ccccc21. The normalized spacial score (nSPS) is 28.0. The molecule has 2 nitrogen and oxygen atoms in total. The minimum Gasteiger partial charge on any atom is -0.346 e. The summed E-state index contributed by atoms with van der Waals surface area (Å²) in [5.74, 6) is 0. The lowest BCUT2D eigenvalue weighted by Crippen LogP contribution is -2.38. The molecular formula is C15H20N2. The van der Waals surface area contributed by atoms with Crippen LogP contribution in [0.15, 0.2) is 36.5 Å².